The molecule has 1 aromatic carbocycles. The minimum Gasteiger partial charge on any atom is -0.302 e. The molecule has 0 aliphatic carbocycles. The van der Waals surface area contributed by atoms with Gasteiger partial charge < -0.3 is 4.90 Å². The Bertz CT molecular complexity index is 599. The Hall–Kier alpha value is -1.04. The number of hydrogen-bond acceptors (Lipinski definition) is 3. The van der Waals surface area contributed by atoms with E-state index < -0.39 is 5.82 Å². The van der Waals surface area contributed by atoms with Crippen molar-refractivity contribution in [3.63, 3.8) is 0 Å². The minimum absolute atomic E-state index is 0.151. The first-order valence-electron chi connectivity index (χ1n) is 6.25. The van der Waals surface area contributed by atoms with Crippen molar-refractivity contribution in [1.82, 2.24) is 4.90 Å². The Balaban J connectivity index is 1.85. The molecule has 0 unspecified atom stereocenters. The van der Waals surface area contributed by atoms with Gasteiger partial charge in [-0.25, -0.2) is 4.39 Å². The molecule has 0 bridgehead atoms. The van der Waals surface area contributed by atoms with Gasteiger partial charge in [-0.15, -0.1) is 11.3 Å². The van der Waals surface area contributed by atoms with Crippen molar-refractivity contribution in [3.8, 4) is 0 Å². The molecule has 0 fully saturated rings. The average Bonchev–Trinajstić information content (AvgIpc) is 2.82. The van der Waals surface area contributed by atoms with Gasteiger partial charge in [0.05, 0.1) is 9.35 Å². The fourth-order valence-corrected chi connectivity index (χ4v) is 3.13. The molecule has 0 aliphatic heterocycles. The third-order valence-corrected chi connectivity index (χ3v) is 4.52. The van der Waals surface area contributed by atoms with E-state index >= 15 is 0 Å². The maximum absolute atomic E-state index is 13.5. The van der Waals surface area contributed by atoms with E-state index in [0.29, 0.717) is 13.0 Å². The Morgan fingerprint density at radius 3 is 2.80 bits per heavy atom. The molecule has 0 N–H and O–H groups in total. The summed E-state index contributed by atoms with van der Waals surface area (Å²) in [5.41, 5.74) is 1.39. The van der Waals surface area contributed by atoms with Gasteiger partial charge in [0.15, 0.2) is 5.78 Å². The molecule has 0 atom stereocenters. The Morgan fingerprint density at radius 2 is 2.15 bits per heavy atom. The molecule has 1 heterocycles. The van der Waals surface area contributed by atoms with Crippen LogP contribution in [-0.2, 0) is 6.54 Å². The van der Waals surface area contributed by atoms with E-state index in [1.165, 1.54) is 17.7 Å². The van der Waals surface area contributed by atoms with Crippen LogP contribution in [0.1, 0.15) is 22.3 Å². The number of halogens is 2. The van der Waals surface area contributed by atoms with Crippen LogP contribution in [0.5, 0.6) is 0 Å². The second kappa shape index (κ2) is 7.11. The van der Waals surface area contributed by atoms with Crippen LogP contribution >= 0.6 is 27.3 Å². The number of carbonyl (C=O) groups is 1. The van der Waals surface area contributed by atoms with Crippen LogP contribution in [0.3, 0.4) is 0 Å². The van der Waals surface area contributed by atoms with E-state index in [9.17, 15) is 9.18 Å². The highest BCUT2D eigenvalue weighted by Crippen LogP contribution is 2.21. The first kappa shape index (κ1) is 15.4. The summed E-state index contributed by atoms with van der Waals surface area (Å²) in [6.45, 7) is 1.40. The van der Waals surface area contributed by atoms with Gasteiger partial charge in [-0.05, 0) is 52.1 Å². The molecule has 2 rings (SSSR count). The van der Waals surface area contributed by atoms with Crippen molar-refractivity contribution >= 4 is 33.0 Å². The van der Waals surface area contributed by atoms with Crippen LogP contribution in [0.25, 0.3) is 0 Å². The molecule has 2 aromatic rings. The number of nitrogens with zero attached hydrogens (tertiary/aromatic N) is 1. The number of rotatable bonds is 6. The highest BCUT2D eigenvalue weighted by Gasteiger charge is 2.12. The summed E-state index contributed by atoms with van der Waals surface area (Å²) >= 11 is 5.07. The molecule has 0 amide bonds. The lowest BCUT2D eigenvalue weighted by atomic mass is 10.1. The van der Waals surface area contributed by atoms with Crippen LogP contribution in [0.4, 0.5) is 4.39 Å². The number of hydrogen-bond donors (Lipinski definition) is 0. The maximum Gasteiger partial charge on any atom is 0.167 e. The van der Waals surface area contributed by atoms with Crippen molar-refractivity contribution in [3.05, 3.63) is 56.4 Å². The summed E-state index contributed by atoms with van der Waals surface area (Å²) in [4.78, 5) is 14.0. The van der Waals surface area contributed by atoms with E-state index in [1.807, 2.05) is 7.05 Å². The normalized spacial score (nSPS) is 11.0. The highest BCUT2D eigenvalue weighted by atomic mass is 79.9. The molecular formula is C15H15BrFNOS. The zero-order valence-corrected chi connectivity index (χ0v) is 13.5. The molecule has 106 valence electrons. The van der Waals surface area contributed by atoms with Crippen molar-refractivity contribution < 1.29 is 9.18 Å². The summed E-state index contributed by atoms with van der Waals surface area (Å²) in [6.07, 6.45) is 0.322. The number of thiophene rings is 1. The lowest BCUT2D eigenvalue weighted by molar-refractivity contribution is 0.0964. The van der Waals surface area contributed by atoms with Gasteiger partial charge in [0.25, 0.3) is 0 Å². The first-order valence-corrected chi connectivity index (χ1v) is 7.92. The van der Waals surface area contributed by atoms with Gasteiger partial charge in [-0.1, -0.05) is 12.1 Å². The zero-order chi connectivity index (χ0) is 14.5. The van der Waals surface area contributed by atoms with E-state index in [0.717, 1.165) is 10.3 Å². The Morgan fingerprint density at radius 1 is 1.40 bits per heavy atom. The van der Waals surface area contributed by atoms with Crippen molar-refractivity contribution in [1.29, 1.82) is 0 Å². The average molecular weight is 356 g/mol. The van der Waals surface area contributed by atoms with Crippen molar-refractivity contribution in [2.45, 2.75) is 13.0 Å². The highest BCUT2D eigenvalue weighted by molar-refractivity contribution is 9.11. The standard InChI is InChI=1S/C15H15BrFNOS/c1-18(9-11-8-15(16)20-10-11)7-6-14(19)12-4-2-3-5-13(12)17/h2-5,8,10H,6-7,9H2,1H3. The van der Waals surface area contributed by atoms with Crippen molar-refractivity contribution in [2.75, 3.05) is 13.6 Å². The van der Waals surface area contributed by atoms with Gasteiger partial charge in [-0.3, -0.25) is 4.79 Å². The molecule has 0 aliphatic rings. The third-order valence-electron chi connectivity index (χ3n) is 2.97. The quantitative estimate of drug-likeness (QED) is 0.717. The molecule has 0 spiro atoms. The molecule has 0 saturated carbocycles. The van der Waals surface area contributed by atoms with Crippen LogP contribution < -0.4 is 0 Å². The molecular weight excluding hydrogens is 341 g/mol. The summed E-state index contributed by atoms with van der Waals surface area (Å²) < 4.78 is 14.6. The Labute approximate surface area is 130 Å². The fraction of sp³-hybridized carbons (Fsp3) is 0.267. The summed E-state index contributed by atoms with van der Waals surface area (Å²) in [7, 11) is 1.96. The fourth-order valence-electron chi connectivity index (χ4n) is 1.93. The van der Waals surface area contributed by atoms with Crippen LogP contribution in [0.2, 0.25) is 0 Å². The molecule has 0 radical (unpaired) electrons. The maximum atomic E-state index is 13.5. The predicted octanol–water partition coefficient (Wildman–Crippen LogP) is 4.35. The van der Waals surface area contributed by atoms with Gasteiger partial charge >= 0.3 is 0 Å². The van der Waals surface area contributed by atoms with Gasteiger partial charge in [0.1, 0.15) is 5.82 Å². The second-order valence-corrected chi connectivity index (χ2v) is 6.94. The molecule has 2 nitrogen and oxygen atoms in total. The first-order chi connectivity index (χ1) is 9.56. The largest absolute Gasteiger partial charge is 0.302 e. The van der Waals surface area contributed by atoms with Gasteiger partial charge in [-0.2, -0.15) is 0 Å². The third kappa shape index (κ3) is 4.23. The minimum atomic E-state index is -0.443. The predicted molar refractivity (Wildman–Crippen MR) is 83.7 cm³/mol. The molecule has 5 heteroatoms. The number of benzene rings is 1. The van der Waals surface area contributed by atoms with Crippen LogP contribution in [0.15, 0.2) is 39.5 Å². The van der Waals surface area contributed by atoms with Gasteiger partial charge in [0, 0.05) is 19.5 Å². The van der Waals surface area contributed by atoms with Crippen LogP contribution in [-0.4, -0.2) is 24.3 Å². The Kier molecular flexibility index (Phi) is 5.46. The van der Waals surface area contributed by atoms with E-state index in [2.05, 4.69) is 32.3 Å². The SMILES string of the molecule is CN(CCC(=O)c1ccccc1F)Cc1csc(Br)c1. The molecule has 1 aromatic heterocycles. The number of Topliss-reactive ketones (excluding diaryl/α,β-unsaturated/α-hetero) is 1. The van der Waals surface area contributed by atoms with Crippen LogP contribution in [0, 0.1) is 5.82 Å². The summed E-state index contributed by atoms with van der Waals surface area (Å²) in [5.74, 6) is -0.594. The molecule has 20 heavy (non-hydrogen) atoms. The van der Waals surface area contributed by atoms with E-state index in [-0.39, 0.29) is 11.3 Å². The van der Waals surface area contributed by atoms with E-state index in [4.69, 9.17) is 0 Å². The summed E-state index contributed by atoms with van der Waals surface area (Å²) in [5, 5.41) is 2.08. The van der Waals surface area contributed by atoms with Gasteiger partial charge in [0.2, 0.25) is 0 Å². The second-order valence-electron chi connectivity index (χ2n) is 4.65. The number of ketones is 1. The van der Waals surface area contributed by atoms with Crippen molar-refractivity contribution in [2.24, 2.45) is 0 Å². The lowest BCUT2D eigenvalue weighted by Crippen LogP contribution is -2.21. The lowest BCUT2D eigenvalue weighted by Gasteiger charge is -2.15. The zero-order valence-electron chi connectivity index (χ0n) is 11.1. The smallest absolute Gasteiger partial charge is 0.167 e. The monoisotopic (exact) mass is 355 g/mol. The molecule has 0 saturated heterocycles. The van der Waals surface area contributed by atoms with E-state index in [1.54, 1.807) is 23.5 Å². The topological polar surface area (TPSA) is 20.3 Å². The summed E-state index contributed by atoms with van der Waals surface area (Å²) in [6, 6.07) is 8.20. The number of carbonyl (C=O) groups excluding carboxylic acids is 1.